The lowest BCUT2D eigenvalue weighted by atomic mass is 10.2. The van der Waals surface area contributed by atoms with E-state index in [4.69, 9.17) is 21.1 Å². The van der Waals surface area contributed by atoms with Gasteiger partial charge in [-0.2, -0.15) is 0 Å². The first-order valence-electron chi connectivity index (χ1n) is 6.07. The molecule has 0 bridgehead atoms. The van der Waals surface area contributed by atoms with Gasteiger partial charge in [0.15, 0.2) is 0 Å². The quantitative estimate of drug-likeness (QED) is 0.896. The van der Waals surface area contributed by atoms with Crippen molar-refractivity contribution in [3.63, 3.8) is 0 Å². The third kappa shape index (κ3) is 3.85. The molecule has 3 nitrogen and oxygen atoms in total. The molecule has 1 aromatic carbocycles. The summed E-state index contributed by atoms with van der Waals surface area (Å²) in [6.45, 7) is 1.46. The highest BCUT2D eigenvalue weighted by atomic mass is 79.9. The van der Waals surface area contributed by atoms with Crippen molar-refractivity contribution in [1.82, 2.24) is 5.32 Å². The first kappa shape index (κ1) is 14.1. The fourth-order valence-electron chi connectivity index (χ4n) is 2.06. The number of halogens is 2. The molecule has 0 radical (unpaired) electrons. The van der Waals surface area contributed by atoms with E-state index in [2.05, 4.69) is 21.2 Å². The van der Waals surface area contributed by atoms with Crippen molar-refractivity contribution in [2.75, 3.05) is 20.2 Å². The Balaban J connectivity index is 1.81. The minimum Gasteiger partial charge on any atom is -0.489 e. The first-order valence-corrected chi connectivity index (χ1v) is 7.24. The number of hydrogen-bond donors (Lipinski definition) is 1. The van der Waals surface area contributed by atoms with Crippen LogP contribution in [0.4, 0.5) is 0 Å². The Hall–Kier alpha value is -0.290. The van der Waals surface area contributed by atoms with E-state index in [-0.39, 0.29) is 6.10 Å². The molecule has 1 saturated heterocycles. The van der Waals surface area contributed by atoms with Gasteiger partial charge in [0.1, 0.15) is 12.4 Å². The highest BCUT2D eigenvalue weighted by Crippen LogP contribution is 2.28. The van der Waals surface area contributed by atoms with Crippen molar-refractivity contribution in [2.45, 2.75) is 25.0 Å². The van der Waals surface area contributed by atoms with Gasteiger partial charge in [-0.3, -0.25) is 0 Å². The maximum absolute atomic E-state index is 6.09. The molecule has 18 heavy (non-hydrogen) atoms. The summed E-state index contributed by atoms with van der Waals surface area (Å²) in [5.74, 6) is 0.709. The lowest BCUT2D eigenvalue weighted by molar-refractivity contribution is 0.0194. The third-order valence-electron chi connectivity index (χ3n) is 2.95. The van der Waals surface area contributed by atoms with Crippen LogP contribution in [0.2, 0.25) is 5.02 Å². The maximum atomic E-state index is 6.09. The van der Waals surface area contributed by atoms with Gasteiger partial charge in [-0.05, 0) is 38.1 Å². The normalized spacial score (nSPS) is 23.3. The highest BCUT2D eigenvalue weighted by Gasteiger charge is 2.25. The van der Waals surface area contributed by atoms with Crippen molar-refractivity contribution >= 4 is 27.5 Å². The maximum Gasteiger partial charge on any atom is 0.138 e. The minimum atomic E-state index is 0.170. The number of rotatable bonds is 5. The van der Waals surface area contributed by atoms with E-state index in [1.807, 2.05) is 25.2 Å². The molecule has 0 spiro atoms. The number of nitrogens with one attached hydrogen (secondary N) is 1. The topological polar surface area (TPSA) is 30.5 Å². The van der Waals surface area contributed by atoms with E-state index in [1.54, 1.807) is 0 Å². The third-order valence-corrected chi connectivity index (χ3v) is 3.73. The largest absolute Gasteiger partial charge is 0.489 e. The molecule has 100 valence electrons. The van der Waals surface area contributed by atoms with E-state index >= 15 is 0 Å². The number of hydrogen-bond acceptors (Lipinski definition) is 3. The van der Waals surface area contributed by atoms with Gasteiger partial charge >= 0.3 is 0 Å². The summed E-state index contributed by atoms with van der Waals surface area (Å²) in [5, 5.41) is 3.75. The van der Waals surface area contributed by atoms with Gasteiger partial charge in [0.2, 0.25) is 0 Å². The molecule has 0 aromatic heterocycles. The molecule has 1 fully saturated rings. The van der Waals surface area contributed by atoms with Crippen LogP contribution in [0.3, 0.4) is 0 Å². The average molecular weight is 335 g/mol. The second-order valence-corrected chi connectivity index (χ2v) is 5.72. The van der Waals surface area contributed by atoms with Crippen LogP contribution < -0.4 is 10.1 Å². The molecule has 1 aromatic rings. The predicted molar refractivity (Wildman–Crippen MR) is 76.5 cm³/mol. The van der Waals surface area contributed by atoms with E-state index in [0.717, 1.165) is 23.9 Å². The lowest BCUT2D eigenvalue weighted by Gasteiger charge is -2.15. The van der Waals surface area contributed by atoms with Gasteiger partial charge in [-0.1, -0.05) is 27.5 Å². The summed E-state index contributed by atoms with van der Waals surface area (Å²) in [6.07, 6.45) is 2.61. The van der Waals surface area contributed by atoms with Gasteiger partial charge < -0.3 is 14.8 Å². The van der Waals surface area contributed by atoms with Crippen LogP contribution in [-0.4, -0.2) is 32.4 Å². The first-order chi connectivity index (χ1) is 8.69. The van der Waals surface area contributed by atoms with E-state index in [0.29, 0.717) is 23.5 Å². The molecule has 2 unspecified atom stereocenters. The van der Waals surface area contributed by atoms with Crippen LogP contribution in [0.1, 0.15) is 12.8 Å². The van der Waals surface area contributed by atoms with Crippen LogP contribution in [0.5, 0.6) is 5.75 Å². The Morgan fingerprint density at radius 1 is 1.44 bits per heavy atom. The zero-order valence-electron chi connectivity index (χ0n) is 10.3. The summed E-state index contributed by atoms with van der Waals surface area (Å²) in [5.41, 5.74) is 0. The smallest absolute Gasteiger partial charge is 0.138 e. The van der Waals surface area contributed by atoms with E-state index in [9.17, 15) is 0 Å². The zero-order chi connectivity index (χ0) is 13.0. The minimum absolute atomic E-state index is 0.170. The molecule has 2 rings (SSSR count). The standard InChI is InChI=1S/C13H17BrClNO2/c1-16-7-10-3-4-11(18-10)8-17-13-5-2-9(14)6-12(13)15/h2,5-6,10-11,16H,3-4,7-8H2,1H3. The Labute approximate surface area is 121 Å². The van der Waals surface area contributed by atoms with Crippen LogP contribution >= 0.6 is 27.5 Å². The predicted octanol–water partition coefficient (Wildman–Crippen LogP) is 3.25. The number of likely N-dealkylation sites (N-methyl/N-ethyl adjacent to an activating group) is 1. The van der Waals surface area contributed by atoms with Gasteiger partial charge in [0, 0.05) is 11.0 Å². The molecule has 0 saturated carbocycles. The zero-order valence-corrected chi connectivity index (χ0v) is 12.6. The monoisotopic (exact) mass is 333 g/mol. The summed E-state index contributed by atoms with van der Waals surface area (Å²) in [4.78, 5) is 0. The van der Waals surface area contributed by atoms with Gasteiger partial charge in [0.25, 0.3) is 0 Å². The number of ether oxygens (including phenoxy) is 2. The average Bonchev–Trinajstić information content (AvgIpc) is 2.76. The Kier molecular flexibility index (Phi) is 5.30. The second-order valence-electron chi connectivity index (χ2n) is 4.40. The van der Waals surface area contributed by atoms with Crippen molar-refractivity contribution in [1.29, 1.82) is 0 Å². The van der Waals surface area contributed by atoms with Crippen LogP contribution in [0.25, 0.3) is 0 Å². The SMILES string of the molecule is CNCC1CCC(COc2ccc(Br)cc2Cl)O1. The lowest BCUT2D eigenvalue weighted by Crippen LogP contribution is -2.25. The van der Waals surface area contributed by atoms with Crippen molar-refractivity contribution in [3.05, 3.63) is 27.7 Å². The summed E-state index contributed by atoms with van der Waals surface area (Å²) < 4.78 is 12.5. The van der Waals surface area contributed by atoms with Crippen LogP contribution in [-0.2, 0) is 4.74 Å². The summed E-state index contributed by atoms with van der Waals surface area (Å²) >= 11 is 9.45. The molecule has 5 heteroatoms. The Morgan fingerprint density at radius 3 is 2.94 bits per heavy atom. The molecule has 1 aliphatic heterocycles. The van der Waals surface area contributed by atoms with E-state index < -0.39 is 0 Å². The Bertz CT molecular complexity index is 403. The molecule has 2 atom stereocenters. The van der Waals surface area contributed by atoms with Crippen molar-refractivity contribution in [3.8, 4) is 5.75 Å². The molecule has 0 amide bonds. The fourth-order valence-corrected chi connectivity index (χ4v) is 2.78. The molecule has 1 heterocycles. The molecular formula is C13H17BrClNO2. The van der Waals surface area contributed by atoms with Gasteiger partial charge in [0.05, 0.1) is 17.2 Å². The van der Waals surface area contributed by atoms with E-state index in [1.165, 1.54) is 0 Å². The van der Waals surface area contributed by atoms with Crippen molar-refractivity contribution < 1.29 is 9.47 Å². The summed E-state index contributed by atoms with van der Waals surface area (Å²) in [6, 6.07) is 5.61. The molecule has 1 aliphatic rings. The molecular weight excluding hydrogens is 318 g/mol. The van der Waals surface area contributed by atoms with Gasteiger partial charge in [-0.15, -0.1) is 0 Å². The summed E-state index contributed by atoms with van der Waals surface area (Å²) in [7, 11) is 1.94. The second kappa shape index (κ2) is 6.75. The molecule has 0 aliphatic carbocycles. The van der Waals surface area contributed by atoms with Crippen LogP contribution in [0, 0.1) is 0 Å². The van der Waals surface area contributed by atoms with Crippen molar-refractivity contribution in [2.24, 2.45) is 0 Å². The fraction of sp³-hybridized carbons (Fsp3) is 0.538. The van der Waals surface area contributed by atoms with Crippen LogP contribution in [0.15, 0.2) is 22.7 Å². The van der Waals surface area contributed by atoms with Gasteiger partial charge in [-0.25, -0.2) is 0 Å². The Morgan fingerprint density at radius 2 is 2.22 bits per heavy atom. The number of benzene rings is 1. The molecule has 1 N–H and O–H groups in total. The highest BCUT2D eigenvalue weighted by molar-refractivity contribution is 9.10.